The van der Waals surface area contributed by atoms with Crippen LogP contribution in [0.15, 0.2) is 47.4 Å². The zero-order valence-electron chi connectivity index (χ0n) is 16.5. The van der Waals surface area contributed by atoms with E-state index in [1.807, 2.05) is 0 Å². The molecule has 0 bridgehead atoms. The minimum atomic E-state index is -4.72. The Bertz CT molecular complexity index is 1200. The molecule has 0 atom stereocenters. The zero-order valence-corrected chi connectivity index (χ0v) is 17.3. The molecule has 0 saturated carbocycles. The number of halogens is 3. The van der Waals surface area contributed by atoms with Crippen molar-refractivity contribution < 1.29 is 26.3 Å². The molecule has 160 valence electrons. The van der Waals surface area contributed by atoms with Gasteiger partial charge in [-0.2, -0.15) is 18.3 Å². The lowest BCUT2D eigenvalue weighted by Crippen LogP contribution is -2.15. The number of hydrogen-bond donors (Lipinski definition) is 1. The molecular formula is C20H20F3N3O3S. The molecule has 0 spiro atoms. The number of nitrogens with zero attached hydrogens (tertiary/aromatic N) is 2. The number of ether oxygens (including phenoxy) is 1. The molecule has 0 aliphatic heterocycles. The van der Waals surface area contributed by atoms with Crippen molar-refractivity contribution in [2.24, 2.45) is 5.14 Å². The molecule has 1 aromatic heterocycles. The number of aromatic nitrogens is 2. The topological polar surface area (TPSA) is 87.2 Å². The summed E-state index contributed by atoms with van der Waals surface area (Å²) in [6.07, 6.45) is -4.72. The summed E-state index contributed by atoms with van der Waals surface area (Å²) in [6.45, 7) is 3.17. The fraction of sp³-hybridized carbons (Fsp3) is 0.250. The molecule has 1 heterocycles. The van der Waals surface area contributed by atoms with Gasteiger partial charge in [0.1, 0.15) is 11.4 Å². The molecule has 0 amide bonds. The summed E-state index contributed by atoms with van der Waals surface area (Å²) in [4.78, 5) is -0.300. The zero-order chi connectivity index (χ0) is 22.3. The van der Waals surface area contributed by atoms with Gasteiger partial charge in [-0.15, -0.1) is 0 Å². The summed E-state index contributed by atoms with van der Waals surface area (Å²) in [7, 11) is -2.73. The van der Waals surface area contributed by atoms with Crippen molar-refractivity contribution in [3.63, 3.8) is 0 Å². The normalized spacial score (nSPS) is 12.2. The molecule has 6 nitrogen and oxygen atoms in total. The maximum atomic E-state index is 14.1. The van der Waals surface area contributed by atoms with Gasteiger partial charge in [0.05, 0.1) is 12.0 Å². The van der Waals surface area contributed by atoms with Gasteiger partial charge in [0.15, 0.2) is 5.69 Å². The van der Waals surface area contributed by atoms with Gasteiger partial charge in [0, 0.05) is 17.7 Å². The smallest absolute Gasteiger partial charge is 0.433 e. The van der Waals surface area contributed by atoms with E-state index >= 15 is 0 Å². The van der Waals surface area contributed by atoms with Crippen LogP contribution in [0.25, 0.3) is 22.4 Å². The molecule has 2 N–H and O–H groups in total. The first-order chi connectivity index (χ1) is 14.0. The molecule has 2 aromatic carbocycles. The van der Waals surface area contributed by atoms with Crippen molar-refractivity contribution in [1.29, 1.82) is 0 Å². The van der Waals surface area contributed by atoms with E-state index in [2.05, 4.69) is 5.10 Å². The molecule has 30 heavy (non-hydrogen) atoms. The highest BCUT2D eigenvalue weighted by Crippen LogP contribution is 2.44. The fourth-order valence-electron chi connectivity index (χ4n) is 3.39. The molecule has 3 rings (SSSR count). The van der Waals surface area contributed by atoms with Crippen molar-refractivity contribution in [3.05, 3.63) is 53.7 Å². The van der Waals surface area contributed by atoms with E-state index < -0.39 is 21.9 Å². The summed E-state index contributed by atoms with van der Waals surface area (Å²) in [5.74, 6) is 0.515. The van der Waals surface area contributed by atoms with E-state index in [9.17, 15) is 21.6 Å². The molecule has 10 heteroatoms. The van der Waals surface area contributed by atoms with Gasteiger partial charge >= 0.3 is 6.18 Å². The van der Waals surface area contributed by atoms with Crippen LogP contribution in [-0.2, 0) is 22.7 Å². The number of sulfonamides is 1. The van der Waals surface area contributed by atoms with Crippen LogP contribution in [0.1, 0.15) is 18.2 Å². The van der Waals surface area contributed by atoms with E-state index in [0.717, 1.165) is 4.68 Å². The van der Waals surface area contributed by atoms with Gasteiger partial charge in [-0.1, -0.05) is 24.3 Å². The number of aryl methyl sites for hydroxylation is 2. The Kier molecular flexibility index (Phi) is 5.66. The highest BCUT2D eigenvalue weighted by Gasteiger charge is 2.41. The van der Waals surface area contributed by atoms with Crippen LogP contribution in [0.3, 0.4) is 0 Å². The highest BCUT2D eigenvalue weighted by molar-refractivity contribution is 7.89. The Labute approximate surface area is 172 Å². The monoisotopic (exact) mass is 439 g/mol. The van der Waals surface area contributed by atoms with Crippen LogP contribution in [0.4, 0.5) is 13.2 Å². The number of rotatable bonds is 5. The Hall–Kier alpha value is -2.85. The number of alkyl halides is 3. The van der Waals surface area contributed by atoms with Crippen LogP contribution in [0.2, 0.25) is 0 Å². The minimum Gasteiger partial charge on any atom is -0.496 e. The molecule has 0 unspecified atom stereocenters. The highest BCUT2D eigenvalue weighted by atomic mass is 32.2. The number of methoxy groups -OCH3 is 1. The third-order valence-electron chi connectivity index (χ3n) is 4.65. The molecule has 3 aromatic rings. The SMILES string of the molecule is CCn1nc(-c2ccccc2S(N)(=O)=O)c(-c2ccc(OC)c(C)c2)c1C(F)(F)F. The van der Waals surface area contributed by atoms with E-state index in [4.69, 9.17) is 9.88 Å². The molecule has 0 aliphatic rings. The fourth-order valence-corrected chi connectivity index (χ4v) is 4.12. The lowest BCUT2D eigenvalue weighted by atomic mass is 9.97. The van der Waals surface area contributed by atoms with Gasteiger partial charge in [-0.05, 0) is 43.2 Å². The predicted octanol–water partition coefficient (Wildman–Crippen LogP) is 4.22. The maximum Gasteiger partial charge on any atom is 0.433 e. The van der Waals surface area contributed by atoms with Gasteiger partial charge in [-0.3, -0.25) is 4.68 Å². The third-order valence-corrected chi connectivity index (χ3v) is 5.62. The Morgan fingerprint density at radius 3 is 2.37 bits per heavy atom. The standard InChI is InChI=1S/C20H20F3N3O3S/c1-4-26-19(20(21,22)23)17(13-9-10-15(29-3)12(2)11-13)18(25-26)14-7-5-6-8-16(14)30(24,27)28/h5-11H,4H2,1-3H3,(H2,24,27,28). The first-order valence-electron chi connectivity index (χ1n) is 8.94. The first kappa shape index (κ1) is 21.8. The minimum absolute atomic E-state index is 0.00108. The molecule has 0 aliphatic carbocycles. The van der Waals surface area contributed by atoms with E-state index in [-0.39, 0.29) is 33.8 Å². The Morgan fingerprint density at radius 1 is 1.17 bits per heavy atom. The van der Waals surface area contributed by atoms with Crippen molar-refractivity contribution >= 4 is 10.0 Å². The van der Waals surface area contributed by atoms with Crippen LogP contribution in [0.5, 0.6) is 5.75 Å². The molecule has 0 saturated heterocycles. The second-order valence-electron chi connectivity index (χ2n) is 6.61. The van der Waals surface area contributed by atoms with Crippen LogP contribution in [0, 0.1) is 6.92 Å². The van der Waals surface area contributed by atoms with E-state index in [1.54, 1.807) is 19.1 Å². The maximum absolute atomic E-state index is 14.1. The lowest BCUT2D eigenvalue weighted by molar-refractivity contribution is -0.143. The van der Waals surface area contributed by atoms with Crippen molar-refractivity contribution in [3.8, 4) is 28.1 Å². The van der Waals surface area contributed by atoms with Crippen LogP contribution < -0.4 is 9.88 Å². The first-order valence-corrected chi connectivity index (χ1v) is 10.5. The lowest BCUT2D eigenvalue weighted by Gasteiger charge is -2.14. The second-order valence-corrected chi connectivity index (χ2v) is 8.14. The van der Waals surface area contributed by atoms with Crippen molar-refractivity contribution in [1.82, 2.24) is 9.78 Å². The summed E-state index contributed by atoms with van der Waals surface area (Å²) in [5, 5.41) is 9.44. The number of nitrogens with two attached hydrogens (primary N) is 1. The number of benzene rings is 2. The summed E-state index contributed by atoms with van der Waals surface area (Å²) in [6, 6.07) is 10.2. The number of hydrogen-bond acceptors (Lipinski definition) is 4. The van der Waals surface area contributed by atoms with Gasteiger partial charge in [-0.25, -0.2) is 13.6 Å². The largest absolute Gasteiger partial charge is 0.496 e. The average molecular weight is 439 g/mol. The summed E-state index contributed by atoms with van der Waals surface area (Å²) >= 11 is 0. The van der Waals surface area contributed by atoms with E-state index in [1.165, 1.54) is 44.4 Å². The van der Waals surface area contributed by atoms with E-state index in [0.29, 0.717) is 11.3 Å². The quantitative estimate of drug-likeness (QED) is 0.645. The third kappa shape index (κ3) is 3.92. The van der Waals surface area contributed by atoms with Crippen LogP contribution in [-0.4, -0.2) is 25.3 Å². The van der Waals surface area contributed by atoms with Gasteiger partial charge < -0.3 is 4.74 Å². The Morgan fingerprint density at radius 2 is 1.83 bits per heavy atom. The summed E-state index contributed by atoms with van der Waals surface area (Å²) < 4.78 is 72.4. The summed E-state index contributed by atoms with van der Waals surface area (Å²) in [5.41, 5.74) is -0.433. The van der Waals surface area contributed by atoms with Crippen LogP contribution >= 0.6 is 0 Å². The molecule has 0 radical (unpaired) electrons. The van der Waals surface area contributed by atoms with Crippen molar-refractivity contribution in [2.45, 2.75) is 31.5 Å². The number of primary sulfonamides is 1. The Balaban J connectivity index is 2.45. The van der Waals surface area contributed by atoms with Gasteiger partial charge in [0.25, 0.3) is 0 Å². The average Bonchev–Trinajstić information content (AvgIpc) is 3.07. The predicted molar refractivity (Wildman–Crippen MR) is 106 cm³/mol. The molecular weight excluding hydrogens is 419 g/mol. The molecule has 0 fully saturated rings. The second kappa shape index (κ2) is 7.77. The van der Waals surface area contributed by atoms with Gasteiger partial charge in [0.2, 0.25) is 10.0 Å². The van der Waals surface area contributed by atoms with Crippen molar-refractivity contribution in [2.75, 3.05) is 7.11 Å².